The molecule has 0 saturated heterocycles. The summed E-state index contributed by atoms with van der Waals surface area (Å²) in [5.41, 5.74) is 0. The molecule has 17 heavy (non-hydrogen) atoms. The van der Waals surface area contributed by atoms with Crippen molar-refractivity contribution < 1.29 is 14.7 Å². The molecule has 0 aromatic carbocycles. The Morgan fingerprint density at radius 2 is 1.94 bits per heavy atom. The highest BCUT2D eigenvalue weighted by Crippen LogP contribution is 2.11. The molecule has 0 aliphatic carbocycles. The van der Waals surface area contributed by atoms with Crippen molar-refractivity contribution in [1.82, 2.24) is 10.6 Å². The van der Waals surface area contributed by atoms with Gasteiger partial charge in [0.05, 0.1) is 5.92 Å². The van der Waals surface area contributed by atoms with E-state index in [1.54, 1.807) is 0 Å². The first kappa shape index (κ1) is 15.9. The number of carboxylic acids is 1. The molecule has 0 bridgehead atoms. The number of carbonyl (C=O) groups is 2. The van der Waals surface area contributed by atoms with Crippen molar-refractivity contribution in [3.05, 3.63) is 0 Å². The topological polar surface area (TPSA) is 78.4 Å². The van der Waals surface area contributed by atoms with Crippen LogP contribution in [0.25, 0.3) is 0 Å². The van der Waals surface area contributed by atoms with Gasteiger partial charge in [-0.2, -0.15) is 0 Å². The third kappa shape index (κ3) is 8.68. The minimum Gasteiger partial charge on any atom is -0.481 e. The highest BCUT2D eigenvalue weighted by Gasteiger charge is 2.19. The molecule has 1 atom stereocenters. The maximum atomic E-state index is 11.4. The van der Waals surface area contributed by atoms with Gasteiger partial charge in [0.25, 0.3) is 0 Å². The molecule has 1 amide bonds. The highest BCUT2D eigenvalue weighted by atomic mass is 16.4. The van der Waals surface area contributed by atoms with Gasteiger partial charge >= 0.3 is 5.97 Å². The first-order valence-corrected chi connectivity index (χ1v) is 6.11. The molecular formula is C12H24N2O3. The number of aliphatic carboxylic acids is 1. The normalized spacial score (nSPS) is 12.5. The van der Waals surface area contributed by atoms with Crippen molar-refractivity contribution in [2.45, 2.75) is 33.1 Å². The summed E-state index contributed by atoms with van der Waals surface area (Å²) in [6.45, 7) is 4.98. The van der Waals surface area contributed by atoms with Gasteiger partial charge in [-0.3, -0.25) is 9.59 Å². The van der Waals surface area contributed by atoms with Crippen molar-refractivity contribution in [1.29, 1.82) is 0 Å². The number of hydrogen-bond acceptors (Lipinski definition) is 3. The lowest BCUT2D eigenvalue weighted by molar-refractivity contribution is -0.142. The van der Waals surface area contributed by atoms with E-state index in [4.69, 9.17) is 5.11 Å². The van der Waals surface area contributed by atoms with Crippen molar-refractivity contribution in [2.24, 2.45) is 11.8 Å². The Kier molecular flexibility index (Phi) is 8.40. The lowest BCUT2D eigenvalue weighted by Gasteiger charge is -2.15. The molecular weight excluding hydrogens is 220 g/mol. The van der Waals surface area contributed by atoms with Crippen LogP contribution in [0.15, 0.2) is 0 Å². The number of rotatable bonds is 9. The SMILES string of the molecule is CNCCCC(=O)NCC(CC(C)C)C(=O)O. The molecule has 0 fully saturated rings. The van der Waals surface area contributed by atoms with Crippen LogP contribution in [-0.2, 0) is 9.59 Å². The zero-order valence-corrected chi connectivity index (χ0v) is 11.0. The van der Waals surface area contributed by atoms with E-state index in [1.807, 2.05) is 20.9 Å². The van der Waals surface area contributed by atoms with Gasteiger partial charge < -0.3 is 15.7 Å². The second kappa shape index (κ2) is 8.98. The molecule has 0 heterocycles. The fourth-order valence-corrected chi connectivity index (χ4v) is 1.59. The van der Waals surface area contributed by atoms with E-state index in [1.165, 1.54) is 0 Å². The summed E-state index contributed by atoms with van der Waals surface area (Å²) in [6.07, 6.45) is 1.80. The Balaban J connectivity index is 3.87. The molecule has 100 valence electrons. The molecule has 0 aliphatic heterocycles. The average molecular weight is 244 g/mol. The lowest BCUT2D eigenvalue weighted by atomic mass is 9.97. The van der Waals surface area contributed by atoms with E-state index in [0.717, 1.165) is 13.0 Å². The Hall–Kier alpha value is -1.10. The first-order chi connectivity index (χ1) is 7.97. The van der Waals surface area contributed by atoms with Crippen LogP contribution in [0.2, 0.25) is 0 Å². The molecule has 5 nitrogen and oxygen atoms in total. The fraction of sp³-hybridized carbons (Fsp3) is 0.833. The molecule has 0 aromatic heterocycles. The van der Waals surface area contributed by atoms with E-state index < -0.39 is 11.9 Å². The van der Waals surface area contributed by atoms with Gasteiger partial charge in [0, 0.05) is 13.0 Å². The van der Waals surface area contributed by atoms with Crippen molar-refractivity contribution in [2.75, 3.05) is 20.1 Å². The van der Waals surface area contributed by atoms with Crippen LogP contribution >= 0.6 is 0 Å². The predicted octanol–water partition coefficient (Wildman–Crippen LogP) is 0.849. The molecule has 0 aliphatic rings. The van der Waals surface area contributed by atoms with Gasteiger partial charge in [-0.15, -0.1) is 0 Å². The summed E-state index contributed by atoms with van der Waals surface area (Å²) < 4.78 is 0. The van der Waals surface area contributed by atoms with Crippen molar-refractivity contribution in [3.63, 3.8) is 0 Å². The predicted molar refractivity (Wildman–Crippen MR) is 66.8 cm³/mol. The number of carbonyl (C=O) groups excluding carboxylic acids is 1. The number of amides is 1. The van der Waals surface area contributed by atoms with Crippen LogP contribution in [0, 0.1) is 11.8 Å². The van der Waals surface area contributed by atoms with Gasteiger partial charge in [0.1, 0.15) is 0 Å². The Labute approximate surface area is 103 Å². The van der Waals surface area contributed by atoms with Crippen LogP contribution in [0.3, 0.4) is 0 Å². The summed E-state index contributed by atoms with van der Waals surface area (Å²) in [6, 6.07) is 0. The molecule has 0 aromatic rings. The minimum absolute atomic E-state index is 0.0738. The van der Waals surface area contributed by atoms with Crippen molar-refractivity contribution >= 4 is 11.9 Å². The quantitative estimate of drug-likeness (QED) is 0.525. The largest absolute Gasteiger partial charge is 0.481 e. The third-order valence-electron chi connectivity index (χ3n) is 2.48. The number of hydrogen-bond donors (Lipinski definition) is 3. The second-order valence-corrected chi connectivity index (χ2v) is 4.68. The highest BCUT2D eigenvalue weighted by molar-refractivity contribution is 5.77. The maximum Gasteiger partial charge on any atom is 0.308 e. The molecule has 0 spiro atoms. The van der Waals surface area contributed by atoms with E-state index >= 15 is 0 Å². The van der Waals surface area contributed by atoms with Crippen LogP contribution in [0.4, 0.5) is 0 Å². The monoisotopic (exact) mass is 244 g/mol. The second-order valence-electron chi connectivity index (χ2n) is 4.68. The molecule has 3 N–H and O–H groups in total. The van der Waals surface area contributed by atoms with E-state index in [0.29, 0.717) is 18.8 Å². The fourth-order valence-electron chi connectivity index (χ4n) is 1.59. The van der Waals surface area contributed by atoms with Crippen LogP contribution < -0.4 is 10.6 Å². The van der Waals surface area contributed by atoms with Gasteiger partial charge in [-0.05, 0) is 32.4 Å². The third-order valence-corrected chi connectivity index (χ3v) is 2.48. The number of carboxylic acid groups (broad SMARTS) is 1. The minimum atomic E-state index is -0.839. The Bertz CT molecular complexity index is 242. The Morgan fingerprint density at radius 1 is 1.29 bits per heavy atom. The van der Waals surface area contributed by atoms with Gasteiger partial charge in [0.2, 0.25) is 5.91 Å². The molecule has 0 rings (SSSR count). The average Bonchev–Trinajstić information content (AvgIpc) is 2.23. The molecule has 0 radical (unpaired) electrons. The van der Waals surface area contributed by atoms with Gasteiger partial charge in [-0.25, -0.2) is 0 Å². The summed E-state index contributed by atoms with van der Waals surface area (Å²) >= 11 is 0. The van der Waals surface area contributed by atoms with E-state index in [9.17, 15) is 9.59 Å². The summed E-state index contributed by atoms with van der Waals surface area (Å²) in [5.74, 6) is -1.08. The standard InChI is InChI=1S/C12H24N2O3/c1-9(2)7-10(12(16)17)8-14-11(15)5-4-6-13-3/h9-10,13H,4-8H2,1-3H3,(H,14,15)(H,16,17). The van der Waals surface area contributed by atoms with Crippen LogP contribution in [0.1, 0.15) is 33.1 Å². The summed E-state index contributed by atoms with van der Waals surface area (Å²) in [5, 5.41) is 14.6. The van der Waals surface area contributed by atoms with E-state index in [-0.39, 0.29) is 12.5 Å². The maximum absolute atomic E-state index is 11.4. The molecule has 5 heteroatoms. The Morgan fingerprint density at radius 3 is 2.41 bits per heavy atom. The summed E-state index contributed by atoms with van der Waals surface area (Å²) in [4.78, 5) is 22.3. The van der Waals surface area contributed by atoms with Crippen LogP contribution in [0.5, 0.6) is 0 Å². The van der Waals surface area contributed by atoms with E-state index in [2.05, 4.69) is 10.6 Å². The zero-order valence-electron chi connectivity index (χ0n) is 11.0. The van der Waals surface area contributed by atoms with Gasteiger partial charge in [-0.1, -0.05) is 13.8 Å². The summed E-state index contributed by atoms with van der Waals surface area (Å²) in [7, 11) is 1.83. The van der Waals surface area contributed by atoms with Crippen LogP contribution in [-0.4, -0.2) is 37.1 Å². The lowest BCUT2D eigenvalue weighted by Crippen LogP contribution is -2.33. The van der Waals surface area contributed by atoms with Gasteiger partial charge in [0.15, 0.2) is 0 Å². The first-order valence-electron chi connectivity index (χ1n) is 6.11. The number of nitrogens with one attached hydrogen (secondary N) is 2. The molecule has 0 saturated carbocycles. The molecule has 1 unspecified atom stereocenters. The zero-order chi connectivity index (χ0) is 13.3. The van der Waals surface area contributed by atoms with Crippen molar-refractivity contribution in [3.8, 4) is 0 Å². The smallest absolute Gasteiger partial charge is 0.308 e.